The van der Waals surface area contributed by atoms with E-state index in [-0.39, 0.29) is 16.9 Å². The van der Waals surface area contributed by atoms with Gasteiger partial charge in [-0.1, -0.05) is 13.8 Å². The number of carbonyl (C=O) groups is 1. The van der Waals surface area contributed by atoms with Gasteiger partial charge in [0.15, 0.2) is 0 Å². The van der Waals surface area contributed by atoms with Crippen LogP contribution in [0.5, 0.6) is 0 Å². The van der Waals surface area contributed by atoms with Gasteiger partial charge in [0.1, 0.15) is 0 Å². The molecular formula is C13H26N2O2. The van der Waals surface area contributed by atoms with Gasteiger partial charge in [-0.15, -0.1) is 0 Å². The van der Waals surface area contributed by atoms with Gasteiger partial charge >= 0.3 is 0 Å². The molecule has 0 aromatic heterocycles. The number of carbonyl (C=O) groups excluding carboxylic acids is 1. The zero-order chi connectivity index (χ0) is 12.9. The van der Waals surface area contributed by atoms with Crippen LogP contribution in [0.15, 0.2) is 0 Å². The molecule has 0 radical (unpaired) electrons. The molecule has 4 heteroatoms. The summed E-state index contributed by atoms with van der Waals surface area (Å²) in [6.07, 6.45) is 4.58. The molecule has 4 nitrogen and oxygen atoms in total. The van der Waals surface area contributed by atoms with Crippen molar-refractivity contribution in [2.45, 2.75) is 51.6 Å². The van der Waals surface area contributed by atoms with Crippen LogP contribution in [0.2, 0.25) is 0 Å². The smallest absolute Gasteiger partial charge is 0.222 e. The molecule has 1 saturated carbocycles. The average Bonchev–Trinajstić information content (AvgIpc) is 2.21. The maximum atomic E-state index is 11.8. The zero-order valence-corrected chi connectivity index (χ0v) is 11.3. The first kappa shape index (κ1) is 14.5. The first-order valence-electron chi connectivity index (χ1n) is 6.45. The van der Waals surface area contributed by atoms with Crippen LogP contribution in [-0.2, 0) is 9.53 Å². The first-order valence-corrected chi connectivity index (χ1v) is 6.45. The number of nitrogens with two attached hydrogens (primary N) is 1. The van der Waals surface area contributed by atoms with E-state index in [1.807, 2.05) is 0 Å². The van der Waals surface area contributed by atoms with E-state index >= 15 is 0 Å². The second-order valence-electron chi connectivity index (χ2n) is 5.90. The molecule has 0 unspecified atom stereocenters. The third kappa shape index (κ3) is 4.28. The molecule has 3 N–H and O–H groups in total. The van der Waals surface area contributed by atoms with E-state index in [1.165, 1.54) is 6.42 Å². The molecule has 0 aromatic carbocycles. The van der Waals surface area contributed by atoms with Crippen LogP contribution in [-0.4, -0.2) is 31.7 Å². The minimum atomic E-state index is -0.178. The molecule has 100 valence electrons. The Hall–Kier alpha value is -0.610. The first-order chi connectivity index (χ1) is 7.93. The van der Waals surface area contributed by atoms with Gasteiger partial charge in [0.05, 0.1) is 12.0 Å². The van der Waals surface area contributed by atoms with Crippen molar-refractivity contribution in [1.82, 2.24) is 5.32 Å². The number of hydrogen-bond donors (Lipinski definition) is 2. The molecular weight excluding hydrogens is 216 g/mol. The lowest BCUT2D eigenvalue weighted by Gasteiger charge is -2.40. The fourth-order valence-electron chi connectivity index (χ4n) is 2.20. The van der Waals surface area contributed by atoms with Crippen LogP contribution < -0.4 is 11.1 Å². The topological polar surface area (TPSA) is 64.3 Å². The summed E-state index contributed by atoms with van der Waals surface area (Å²) in [7, 11) is 1.70. The molecule has 0 saturated heterocycles. The van der Waals surface area contributed by atoms with Crippen molar-refractivity contribution in [3.63, 3.8) is 0 Å². The fraction of sp³-hybridized carbons (Fsp3) is 0.923. The molecule has 0 aromatic rings. The Kier molecular flexibility index (Phi) is 4.95. The third-order valence-corrected chi connectivity index (χ3v) is 3.77. The van der Waals surface area contributed by atoms with Gasteiger partial charge in [0, 0.05) is 13.7 Å². The van der Waals surface area contributed by atoms with E-state index in [2.05, 4.69) is 19.2 Å². The quantitative estimate of drug-likeness (QED) is 0.710. The molecule has 1 amide bonds. The van der Waals surface area contributed by atoms with Crippen LogP contribution in [0, 0.1) is 5.41 Å². The van der Waals surface area contributed by atoms with Crippen molar-refractivity contribution < 1.29 is 9.53 Å². The number of nitrogens with one attached hydrogen (secondary N) is 1. The monoisotopic (exact) mass is 242 g/mol. The summed E-state index contributed by atoms with van der Waals surface area (Å²) < 4.78 is 5.44. The van der Waals surface area contributed by atoms with Crippen molar-refractivity contribution in [3.8, 4) is 0 Å². The molecule has 1 aliphatic carbocycles. The number of hydrogen-bond acceptors (Lipinski definition) is 3. The Labute approximate surface area is 104 Å². The van der Waals surface area contributed by atoms with Crippen molar-refractivity contribution >= 4 is 5.91 Å². The van der Waals surface area contributed by atoms with Crippen LogP contribution in [0.25, 0.3) is 0 Å². The molecule has 1 aliphatic rings. The van der Waals surface area contributed by atoms with Crippen LogP contribution in [0.3, 0.4) is 0 Å². The van der Waals surface area contributed by atoms with E-state index in [4.69, 9.17) is 10.5 Å². The van der Waals surface area contributed by atoms with Gasteiger partial charge < -0.3 is 15.8 Å². The van der Waals surface area contributed by atoms with Crippen LogP contribution in [0.4, 0.5) is 0 Å². The van der Waals surface area contributed by atoms with E-state index in [0.717, 1.165) is 19.3 Å². The zero-order valence-electron chi connectivity index (χ0n) is 11.3. The van der Waals surface area contributed by atoms with Gasteiger partial charge in [-0.2, -0.15) is 0 Å². The predicted octanol–water partition coefficient (Wildman–Crippen LogP) is 1.44. The summed E-state index contributed by atoms with van der Waals surface area (Å²) in [4.78, 5) is 11.8. The second kappa shape index (κ2) is 5.83. The maximum absolute atomic E-state index is 11.8. The minimum absolute atomic E-state index is 0.0737. The number of amides is 1. The molecule has 0 atom stereocenters. The fourth-order valence-corrected chi connectivity index (χ4v) is 2.20. The Balaban J connectivity index is 2.30. The van der Waals surface area contributed by atoms with Gasteiger partial charge in [-0.3, -0.25) is 4.79 Å². The Bertz CT molecular complexity index is 255. The maximum Gasteiger partial charge on any atom is 0.222 e. The second-order valence-corrected chi connectivity index (χ2v) is 5.90. The molecule has 17 heavy (non-hydrogen) atoms. The Morgan fingerprint density at radius 2 is 2.12 bits per heavy atom. The molecule has 0 bridgehead atoms. The van der Waals surface area contributed by atoms with Crippen LogP contribution >= 0.6 is 0 Å². The minimum Gasteiger partial charge on any atom is -0.378 e. The highest BCUT2D eigenvalue weighted by Crippen LogP contribution is 2.37. The van der Waals surface area contributed by atoms with E-state index < -0.39 is 0 Å². The lowest BCUT2D eigenvalue weighted by atomic mass is 9.77. The summed E-state index contributed by atoms with van der Waals surface area (Å²) in [6.45, 7) is 5.58. The Morgan fingerprint density at radius 1 is 1.47 bits per heavy atom. The highest BCUT2D eigenvalue weighted by molar-refractivity contribution is 5.77. The van der Waals surface area contributed by atoms with Gasteiger partial charge in [-0.25, -0.2) is 0 Å². The third-order valence-electron chi connectivity index (χ3n) is 3.77. The molecule has 1 rings (SSSR count). The standard InChI is InChI=1S/C13H26N2O2/c1-12(2,7-8-14)10-15-11(16)9-13(17-3)5-4-6-13/h4-10,14H2,1-3H3,(H,15,16). The highest BCUT2D eigenvalue weighted by atomic mass is 16.5. The predicted molar refractivity (Wildman–Crippen MR) is 68.7 cm³/mol. The van der Waals surface area contributed by atoms with Crippen molar-refractivity contribution in [3.05, 3.63) is 0 Å². The number of ether oxygens (including phenoxy) is 1. The molecule has 0 aliphatic heterocycles. The van der Waals surface area contributed by atoms with Gasteiger partial charge in [0.25, 0.3) is 0 Å². The summed E-state index contributed by atoms with van der Waals surface area (Å²) >= 11 is 0. The van der Waals surface area contributed by atoms with Gasteiger partial charge in [0.2, 0.25) is 5.91 Å². The largest absolute Gasteiger partial charge is 0.378 e. The number of rotatable bonds is 7. The lowest BCUT2D eigenvalue weighted by Crippen LogP contribution is -2.45. The molecule has 0 spiro atoms. The lowest BCUT2D eigenvalue weighted by molar-refractivity contribution is -0.134. The van der Waals surface area contributed by atoms with E-state index in [0.29, 0.717) is 19.5 Å². The summed E-state index contributed by atoms with van der Waals surface area (Å²) in [6, 6.07) is 0. The van der Waals surface area contributed by atoms with Crippen molar-refractivity contribution in [2.75, 3.05) is 20.2 Å². The molecule has 1 fully saturated rings. The average molecular weight is 242 g/mol. The summed E-state index contributed by atoms with van der Waals surface area (Å²) in [5.74, 6) is 0.0941. The SMILES string of the molecule is COC1(CC(=O)NCC(C)(C)CCN)CCC1. The summed E-state index contributed by atoms with van der Waals surface area (Å²) in [5, 5.41) is 2.99. The molecule has 0 heterocycles. The highest BCUT2D eigenvalue weighted by Gasteiger charge is 2.39. The summed E-state index contributed by atoms with van der Waals surface area (Å²) in [5.41, 5.74) is 5.44. The van der Waals surface area contributed by atoms with E-state index in [9.17, 15) is 4.79 Å². The number of methoxy groups -OCH3 is 1. The van der Waals surface area contributed by atoms with Crippen LogP contribution in [0.1, 0.15) is 46.0 Å². The van der Waals surface area contributed by atoms with E-state index in [1.54, 1.807) is 7.11 Å². The normalized spacial score (nSPS) is 18.6. The van der Waals surface area contributed by atoms with Crippen molar-refractivity contribution in [2.24, 2.45) is 11.1 Å². The van der Waals surface area contributed by atoms with Gasteiger partial charge in [-0.05, 0) is 37.6 Å². The van der Waals surface area contributed by atoms with Crippen molar-refractivity contribution in [1.29, 1.82) is 0 Å². The Morgan fingerprint density at radius 3 is 2.53 bits per heavy atom.